The zero-order valence-corrected chi connectivity index (χ0v) is 6.80. The van der Waals surface area contributed by atoms with Gasteiger partial charge in [-0.1, -0.05) is 0 Å². The molecule has 1 heterocycles. The summed E-state index contributed by atoms with van der Waals surface area (Å²) in [4.78, 5) is 4.15. The van der Waals surface area contributed by atoms with Crippen molar-refractivity contribution in [3.8, 4) is 0 Å². The lowest BCUT2D eigenvalue weighted by Gasteiger charge is -2.07. The predicted molar refractivity (Wildman–Crippen MR) is 44.6 cm³/mol. The Morgan fingerprint density at radius 1 is 1.82 bits per heavy atom. The third kappa shape index (κ3) is 3.23. The lowest BCUT2D eigenvalue weighted by molar-refractivity contribution is 0.185. The number of aliphatic imine (C=N–C) groups is 1. The van der Waals surface area contributed by atoms with E-state index in [-0.39, 0.29) is 6.10 Å². The van der Waals surface area contributed by atoms with Crippen molar-refractivity contribution in [3.05, 3.63) is 0 Å². The first-order chi connectivity index (χ1) is 5.29. The summed E-state index contributed by atoms with van der Waals surface area (Å²) in [7, 11) is 0. The predicted octanol–water partition coefficient (Wildman–Crippen LogP) is -0.694. The lowest BCUT2D eigenvalue weighted by atomic mass is 10.3. The summed E-state index contributed by atoms with van der Waals surface area (Å²) in [5, 5.41) is 15.1. The average Bonchev–Trinajstić information content (AvgIpc) is 2.39. The average molecular weight is 157 g/mol. The van der Waals surface area contributed by atoms with E-state index >= 15 is 0 Å². The summed E-state index contributed by atoms with van der Waals surface area (Å²) >= 11 is 0. The molecule has 1 unspecified atom stereocenters. The number of hydrogen-bond acceptors (Lipinski definition) is 4. The summed E-state index contributed by atoms with van der Waals surface area (Å²) in [6, 6.07) is 0. The fraction of sp³-hybridized carbons (Fsp3) is 0.857. The van der Waals surface area contributed by atoms with E-state index in [1.165, 1.54) is 0 Å². The minimum atomic E-state index is -0.232. The number of rotatable bonds is 3. The van der Waals surface area contributed by atoms with E-state index in [2.05, 4.69) is 15.6 Å². The zero-order valence-electron chi connectivity index (χ0n) is 6.80. The summed E-state index contributed by atoms with van der Waals surface area (Å²) in [6.45, 7) is 4.35. The molecule has 0 aliphatic carbocycles. The van der Waals surface area contributed by atoms with Crippen LogP contribution in [-0.2, 0) is 0 Å². The number of nitrogens with zero attached hydrogens (tertiary/aromatic N) is 1. The van der Waals surface area contributed by atoms with Crippen molar-refractivity contribution in [2.45, 2.75) is 19.4 Å². The smallest absolute Gasteiger partial charge is 0.191 e. The standard InChI is InChI=1S/C7H15N3O/c1-6(11)2-3-8-7-9-4-5-10-7/h6,11H,2-5H2,1H3,(H2,8,9,10). The van der Waals surface area contributed by atoms with Crippen LogP contribution >= 0.6 is 0 Å². The van der Waals surface area contributed by atoms with Gasteiger partial charge in [-0.2, -0.15) is 0 Å². The summed E-state index contributed by atoms with van der Waals surface area (Å²) in [5.41, 5.74) is 0. The maximum Gasteiger partial charge on any atom is 0.191 e. The SMILES string of the molecule is CC(O)CCNC1=NCCN1. The Balaban J connectivity index is 2.03. The maximum atomic E-state index is 8.93. The molecule has 4 nitrogen and oxygen atoms in total. The van der Waals surface area contributed by atoms with Crippen molar-refractivity contribution >= 4 is 5.96 Å². The zero-order chi connectivity index (χ0) is 8.10. The van der Waals surface area contributed by atoms with Gasteiger partial charge in [0.2, 0.25) is 0 Å². The molecule has 1 rings (SSSR count). The van der Waals surface area contributed by atoms with Crippen LogP contribution in [0.15, 0.2) is 4.99 Å². The Hall–Kier alpha value is -0.770. The Labute approximate surface area is 66.7 Å². The van der Waals surface area contributed by atoms with Crippen molar-refractivity contribution in [1.29, 1.82) is 0 Å². The highest BCUT2D eigenvalue weighted by atomic mass is 16.3. The minimum Gasteiger partial charge on any atom is -0.393 e. The first-order valence-corrected chi connectivity index (χ1v) is 3.99. The van der Waals surface area contributed by atoms with Gasteiger partial charge in [-0.3, -0.25) is 4.99 Å². The van der Waals surface area contributed by atoms with Gasteiger partial charge >= 0.3 is 0 Å². The Morgan fingerprint density at radius 2 is 2.64 bits per heavy atom. The van der Waals surface area contributed by atoms with Gasteiger partial charge in [0, 0.05) is 13.1 Å². The van der Waals surface area contributed by atoms with Crippen molar-refractivity contribution in [1.82, 2.24) is 10.6 Å². The minimum absolute atomic E-state index is 0.232. The van der Waals surface area contributed by atoms with Gasteiger partial charge in [0.1, 0.15) is 0 Å². The number of nitrogens with one attached hydrogen (secondary N) is 2. The summed E-state index contributed by atoms with van der Waals surface area (Å²) in [6.07, 6.45) is 0.533. The number of aliphatic hydroxyl groups is 1. The van der Waals surface area contributed by atoms with Gasteiger partial charge in [-0.05, 0) is 13.3 Å². The van der Waals surface area contributed by atoms with E-state index in [0.29, 0.717) is 0 Å². The lowest BCUT2D eigenvalue weighted by Crippen LogP contribution is -2.35. The van der Waals surface area contributed by atoms with E-state index in [1.807, 2.05) is 0 Å². The quantitative estimate of drug-likeness (QED) is 0.508. The van der Waals surface area contributed by atoms with Crippen LogP contribution in [-0.4, -0.2) is 36.8 Å². The molecule has 0 fully saturated rings. The Morgan fingerprint density at radius 3 is 3.18 bits per heavy atom. The highest BCUT2D eigenvalue weighted by Gasteiger charge is 2.03. The third-order valence-corrected chi connectivity index (χ3v) is 1.53. The number of aliphatic hydroxyl groups excluding tert-OH is 1. The first-order valence-electron chi connectivity index (χ1n) is 3.99. The van der Waals surface area contributed by atoms with Crippen LogP contribution in [0.3, 0.4) is 0 Å². The molecule has 0 aromatic carbocycles. The van der Waals surface area contributed by atoms with Crippen molar-refractivity contribution < 1.29 is 5.11 Å². The third-order valence-electron chi connectivity index (χ3n) is 1.53. The molecule has 0 amide bonds. The maximum absolute atomic E-state index is 8.93. The van der Waals surface area contributed by atoms with Crippen molar-refractivity contribution in [3.63, 3.8) is 0 Å². The normalized spacial score (nSPS) is 18.9. The van der Waals surface area contributed by atoms with Gasteiger partial charge in [0.05, 0.1) is 12.6 Å². The van der Waals surface area contributed by atoms with Gasteiger partial charge in [-0.25, -0.2) is 0 Å². The molecule has 1 atom stereocenters. The van der Waals surface area contributed by atoms with E-state index in [4.69, 9.17) is 5.11 Å². The fourth-order valence-electron chi connectivity index (χ4n) is 0.916. The van der Waals surface area contributed by atoms with E-state index in [0.717, 1.165) is 32.0 Å². The molecular formula is C7H15N3O. The second-order valence-electron chi connectivity index (χ2n) is 2.72. The van der Waals surface area contributed by atoms with Gasteiger partial charge in [0.25, 0.3) is 0 Å². The van der Waals surface area contributed by atoms with Crippen LogP contribution < -0.4 is 10.6 Å². The monoisotopic (exact) mass is 157 g/mol. The molecule has 3 N–H and O–H groups in total. The second kappa shape index (κ2) is 4.18. The molecule has 0 saturated heterocycles. The van der Waals surface area contributed by atoms with Crippen LogP contribution in [0.4, 0.5) is 0 Å². The molecule has 11 heavy (non-hydrogen) atoms. The number of hydrogen-bond donors (Lipinski definition) is 3. The highest BCUT2D eigenvalue weighted by Crippen LogP contribution is 1.87. The molecule has 0 radical (unpaired) electrons. The number of guanidine groups is 1. The molecule has 0 spiro atoms. The van der Waals surface area contributed by atoms with Crippen LogP contribution in [0, 0.1) is 0 Å². The molecule has 0 aromatic rings. The van der Waals surface area contributed by atoms with Gasteiger partial charge in [0.15, 0.2) is 5.96 Å². The molecular weight excluding hydrogens is 142 g/mol. The Kier molecular flexibility index (Phi) is 3.16. The van der Waals surface area contributed by atoms with E-state index in [9.17, 15) is 0 Å². The first kappa shape index (κ1) is 8.33. The second-order valence-corrected chi connectivity index (χ2v) is 2.72. The van der Waals surface area contributed by atoms with E-state index in [1.54, 1.807) is 6.92 Å². The van der Waals surface area contributed by atoms with Gasteiger partial charge in [-0.15, -0.1) is 0 Å². The Bertz CT molecular complexity index is 145. The van der Waals surface area contributed by atoms with Crippen LogP contribution in [0.2, 0.25) is 0 Å². The van der Waals surface area contributed by atoms with Crippen LogP contribution in [0.1, 0.15) is 13.3 Å². The fourth-order valence-corrected chi connectivity index (χ4v) is 0.916. The van der Waals surface area contributed by atoms with E-state index < -0.39 is 0 Å². The molecule has 0 saturated carbocycles. The molecule has 0 bridgehead atoms. The topological polar surface area (TPSA) is 56.6 Å². The van der Waals surface area contributed by atoms with Crippen molar-refractivity contribution in [2.75, 3.05) is 19.6 Å². The molecule has 4 heteroatoms. The van der Waals surface area contributed by atoms with Gasteiger partial charge < -0.3 is 15.7 Å². The molecule has 0 aromatic heterocycles. The summed E-state index contributed by atoms with van der Waals surface area (Å²) < 4.78 is 0. The van der Waals surface area contributed by atoms with Crippen molar-refractivity contribution in [2.24, 2.45) is 4.99 Å². The largest absolute Gasteiger partial charge is 0.393 e. The van der Waals surface area contributed by atoms with Crippen LogP contribution in [0.5, 0.6) is 0 Å². The van der Waals surface area contributed by atoms with Crippen LogP contribution in [0.25, 0.3) is 0 Å². The highest BCUT2D eigenvalue weighted by molar-refractivity contribution is 5.81. The molecule has 1 aliphatic rings. The molecule has 1 aliphatic heterocycles. The molecule has 64 valence electrons. The summed E-state index contributed by atoms with van der Waals surface area (Å²) in [5.74, 6) is 0.866.